The lowest BCUT2D eigenvalue weighted by Crippen LogP contribution is -2.06. The highest BCUT2D eigenvalue weighted by atomic mass is 16.5. The minimum atomic E-state index is -1.10. The van der Waals surface area contributed by atoms with Crippen molar-refractivity contribution in [3.05, 3.63) is 95.7 Å². The number of para-hydroxylation sites is 1. The number of carbonyl (C=O) groups is 1. The van der Waals surface area contributed by atoms with E-state index >= 15 is 0 Å². The van der Waals surface area contributed by atoms with Crippen LogP contribution in [0.5, 0.6) is 17.2 Å². The van der Waals surface area contributed by atoms with Gasteiger partial charge in [0, 0.05) is 5.39 Å². The Bertz CT molecular complexity index is 1220. The molecule has 1 heterocycles. The molecule has 3 aromatic carbocycles. The number of rotatable bonds is 8. The van der Waals surface area contributed by atoms with E-state index in [0.29, 0.717) is 12.4 Å². The molecule has 4 rings (SSSR count). The van der Waals surface area contributed by atoms with Gasteiger partial charge in [0.1, 0.15) is 36.0 Å². The second-order valence-corrected chi connectivity index (χ2v) is 6.86. The van der Waals surface area contributed by atoms with Gasteiger partial charge in [-0.1, -0.05) is 42.5 Å². The predicted octanol–water partition coefficient (Wildman–Crippen LogP) is 5.10. The molecule has 0 spiro atoms. The summed E-state index contributed by atoms with van der Waals surface area (Å²) >= 11 is 0. The molecule has 1 N–H and O–H groups in total. The van der Waals surface area contributed by atoms with Gasteiger partial charge >= 0.3 is 5.97 Å². The lowest BCUT2D eigenvalue weighted by molar-refractivity contribution is 0.0688. The number of ether oxygens (including phenoxy) is 3. The maximum atomic E-state index is 11.6. The number of hydrogen-bond donors (Lipinski definition) is 1. The zero-order chi connectivity index (χ0) is 21.6. The van der Waals surface area contributed by atoms with Crippen LogP contribution >= 0.6 is 0 Å². The summed E-state index contributed by atoms with van der Waals surface area (Å²) in [6.45, 7) is 0.535. The average molecular weight is 415 g/mol. The van der Waals surface area contributed by atoms with Crippen molar-refractivity contribution in [3.63, 3.8) is 0 Å². The highest BCUT2D eigenvalue weighted by Gasteiger charge is 2.17. The Balaban J connectivity index is 1.43. The van der Waals surface area contributed by atoms with E-state index in [1.54, 1.807) is 18.2 Å². The Kier molecular flexibility index (Phi) is 5.98. The molecule has 6 nitrogen and oxygen atoms in total. The second kappa shape index (κ2) is 9.17. The zero-order valence-corrected chi connectivity index (χ0v) is 16.9. The average Bonchev–Trinajstić information content (AvgIpc) is 2.81. The number of benzene rings is 3. The third kappa shape index (κ3) is 4.75. The van der Waals surface area contributed by atoms with E-state index in [9.17, 15) is 9.90 Å². The molecular weight excluding hydrogens is 394 g/mol. The Morgan fingerprint density at radius 3 is 2.52 bits per heavy atom. The van der Waals surface area contributed by atoms with E-state index < -0.39 is 5.97 Å². The summed E-state index contributed by atoms with van der Waals surface area (Å²) in [4.78, 5) is 16.2. The lowest BCUT2D eigenvalue weighted by atomic mass is 10.1. The summed E-state index contributed by atoms with van der Waals surface area (Å²) < 4.78 is 16.8. The van der Waals surface area contributed by atoms with Crippen molar-refractivity contribution in [2.45, 2.75) is 13.2 Å². The standard InChI is InChI=1S/C25H21NO5/c1-29-22-10-5-11-23(24(22)25(27)28)31-15-17-6-4-8-20(14-17)30-16-19-13-12-18-7-2-3-9-21(18)26-19/h2-14H,15-16H2,1H3,(H,27,28). The van der Waals surface area contributed by atoms with Gasteiger partial charge in [0.25, 0.3) is 0 Å². The second-order valence-electron chi connectivity index (χ2n) is 6.86. The molecule has 156 valence electrons. The molecule has 0 saturated heterocycles. The van der Waals surface area contributed by atoms with Gasteiger partial charge in [-0.2, -0.15) is 0 Å². The fourth-order valence-electron chi connectivity index (χ4n) is 3.24. The van der Waals surface area contributed by atoms with Crippen molar-refractivity contribution in [1.82, 2.24) is 4.98 Å². The maximum absolute atomic E-state index is 11.6. The summed E-state index contributed by atoms with van der Waals surface area (Å²) in [6, 6.07) is 24.3. The number of fused-ring (bicyclic) bond motifs is 1. The van der Waals surface area contributed by atoms with Gasteiger partial charge in [0.2, 0.25) is 0 Å². The molecule has 0 fully saturated rings. The van der Waals surface area contributed by atoms with Crippen molar-refractivity contribution in [3.8, 4) is 17.2 Å². The highest BCUT2D eigenvalue weighted by molar-refractivity contribution is 5.94. The molecule has 0 aliphatic carbocycles. The molecule has 0 aliphatic heterocycles. The van der Waals surface area contributed by atoms with Crippen LogP contribution in [0.25, 0.3) is 10.9 Å². The van der Waals surface area contributed by atoms with Gasteiger partial charge in [-0.3, -0.25) is 0 Å². The molecule has 0 unspecified atom stereocenters. The number of hydrogen-bond acceptors (Lipinski definition) is 5. The van der Waals surface area contributed by atoms with E-state index in [-0.39, 0.29) is 23.7 Å². The first-order chi connectivity index (χ1) is 15.1. The largest absolute Gasteiger partial charge is 0.496 e. The number of aromatic nitrogens is 1. The van der Waals surface area contributed by atoms with Crippen molar-refractivity contribution >= 4 is 16.9 Å². The smallest absolute Gasteiger partial charge is 0.343 e. The van der Waals surface area contributed by atoms with Crippen LogP contribution in [-0.2, 0) is 13.2 Å². The molecule has 6 heteroatoms. The van der Waals surface area contributed by atoms with Gasteiger partial charge in [0.05, 0.1) is 18.3 Å². The molecule has 31 heavy (non-hydrogen) atoms. The van der Waals surface area contributed by atoms with Crippen molar-refractivity contribution in [2.75, 3.05) is 7.11 Å². The summed E-state index contributed by atoms with van der Waals surface area (Å²) in [7, 11) is 1.43. The van der Waals surface area contributed by atoms with E-state index in [2.05, 4.69) is 4.98 Å². The molecule has 0 atom stereocenters. The number of carboxylic acids is 1. The summed E-state index contributed by atoms with van der Waals surface area (Å²) in [5.74, 6) is 0.0797. The van der Waals surface area contributed by atoms with Crippen LogP contribution in [0.2, 0.25) is 0 Å². The van der Waals surface area contributed by atoms with E-state index in [1.165, 1.54) is 7.11 Å². The highest BCUT2D eigenvalue weighted by Crippen LogP contribution is 2.29. The van der Waals surface area contributed by atoms with Gasteiger partial charge in [0.15, 0.2) is 0 Å². The maximum Gasteiger partial charge on any atom is 0.343 e. The molecule has 0 amide bonds. The molecule has 0 saturated carbocycles. The predicted molar refractivity (Wildman–Crippen MR) is 117 cm³/mol. The normalized spacial score (nSPS) is 10.6. The zero-order valence-electron chi connectivity index (χ0n) is 16.9. The first-order valence-corrected chi connectivity index (χ1v) is 9.73. The van der Waals surface area contributed by atoms with E-state index in [0.717, 1.165) is 22.2 Å². The lowest BCUT2D eigenvalue weighted by Gasteiger charge is -2.13. The van der Waals surface area contributed by atoms with E-state index in [4.69, 9.17) is 14.2 Å². The fourth-order valence-corrected chi connectivity index (χ4v) is 3.24. The Labute approximate surface area is 179 Å². The number of pyridine rings is 1. The monoisotopic (exact) mass is 415 g/mol. The Morgan fingerprint density at radius 2 is 1.68 bits per heavy atom. The topological polar surface area (TPSA) is 77.9 Å². The van der Waals surface area contributed by atoms with Crippen LogP contribution in [0.15, 0.2) is 78.9 Å². The number of aromatic carboxylic acids is 1. The van der Waals surface area contributed by atoms with Crippen LogP contribution in [0, 0.1) is 0 Å². The summed E-state index contributed by atoms with van der Waals surface area (Å²) in [5.41, 5.74) is 2.61. The minimum Gasteiger partial charge on any atom is -0.496 e. The molecule has 1 aromatic heterocycles. The Hall–Kier alpha value is -4.06. The summed E-state index contributed by atoms with van der Waals surface area (Å²) in [6.07, 6.45) is 0. The van der Waals surface area contributed by atoms with Crippen LogP contribution < -0.4 is 14.2 Å². The molecule has 4 aromatic rings. The fraction of sp³-hybridized carbons (Fsp3) is 0.120. The molecule has 0 aliphatic rings. The van der Waals surface area contributed by atoms with Crippen LogP contribution in [0.4, 0.5) is 0 Å². The Morgan fingerprint density at radius 1 is 0.871 bits per heavy atom. The van der Waals surface area contributed by atoms with Crippen LogP contribution in [0.3, 0.4) is 0 Å². The SMILES string of the molecule is COc1cccc(OCc2cccc(OCc3ccc4ccccc4n3)c2)c1C(=O)O. The van der Waals surface area contributed by atoms with Gasteiger partial charge in [-0.25, -0.2) is 9.78 Å². The van der Waals surface area contributed by atoms with Gasteiger partial charge < -0.3 is 19.3 Å². The van der Waals surface area contributed by atoms with Crippen molar-refractivity contribution in [2.24, 2.45) is 0 Å². The number of nitrogens with zero attached hydrogens (tertiary/aromatic N) is 1. The van der Waals surface area contributed by atoms with E-state index in [1.807, 2.05) is 60.7 Å². The molecule has 0 radical (unpaired) electrons. The quantitative estimate of drug-likeness (QED) is 0.431. The third-order valence-corrected chi connectivity index (χ3v) is 4.76. The first kappa shape index (κ1) is 20.2. The minimum absolute atomic E-state index is 0.000201. The summed E-state index contributed by atoms with van der Waals surface area (Å²) in [5, 5.41) is 10.6. The number of carboxylic acid groups (broad SMARTS) is 1. The number of methoxy groups -OCH3 is 1. The third-order valence-electron chi connectivity index (χ3n) is 4.76. The van der Waals surface area contributed by atoms with Gasteiger partial charge in [-0.05, 0) is 42.0 Å². The molecular formula is C25H21NO5. The van der Waals surface area contributed by atoms with Gasteiger partial charge in [-0.15, -0.1) is 0 Å². The van der Waals surface area contributed by atoms with Crippen molar-refractivity contribution in [1.29, 1.82) is 0 Å². The van der Waals surface area contributed by atoms with Crippen LogP contribution in [0.1, 0.15) is 21.6 Å². The first-order valence-electron chi connectivity index (χ1n) is 9.73. The molecule has 0 bridgehead atoms. The van der Waals surface area contributed by atoms with Crippen LogP contribution in [-0.4, -0.2) is 23.2 Å². The van der Waals surface area contributed by atoms with Crippen molar-refractivity contribution < 1.29 is 24.1 Å².